The maximum atomic E-state index is 12.8. The molecule has 5 nitrogen and oxygen atoms in total. The van der Waals surface area contributed by atoms with Crippen molar-refractivity contribution in [2.45, 2.75) is 50.5 Å². The predicted octanol–water partition coefficient (Wildman–Crippen LogP) is 2.51. The van der Waals surface area contributed by atoms with Gasteiger partial charge in [0.15, 0.2) is 0 Å². The van der Waals surface area contributed by atoms with E-state index < -0.39 is 21.5 Å². The second-order valence-electron chi connectivity index (χ2n) is 5.97. The molecule has 0 aliphatic carbocycles. The zero-order chi connectivity index (χ0) is 15.8. The van der Waals surface area contributed by atoms with E-state index in [1.165, 1.54) is 16.4 Å². The minimum absolute atomic E-state index is 0.0621. The molecule has 116 valence electrons. The number of carboxylic acids is 1. The van der Waals surface area contributed by atoms with Crippen molar-refractivity contribution < 1.29 is 18.3 Å². The SMILES string of the molecule is CCc1ccc(S(=O)(=O)N2CCCC2(C)C)cc1C(=O)O. The molecule has 0 unspecified atom stereocenters. The quantitative estimate of drug-likeness (QED) is 0.927. The summed E-state index contributed by atoms with van der Waals surface area (Å²) >= 11 is 0. The summed E-state index contributed by atoms with van der Waals surface area (Å²) in [6, 6.07) is 4.39. The first kappa shape index (κ1) is 16.0. The number of hydrogen-bond acceptors (Lipinski definition) is 3. The first-order valence-electron chi connectivity index (χ1n) is 7.09. The van der Waals surface area contributed by atoms with Gasteiger partial charge in [-0.3, -0.25) is 0 Å². The van der Waals surface area contributed by atoms with Gasteiger partial charge in [-0.15, -0.1) is 0 Å². The number of nitrogens with zero attached hydrogens (tertiary/aromatic N) is 1. The highest BCUT2D eigenvalue weighted by Crippen LogP contribution is 2.34. The maximum absolute atomic E-state index is 12.8. The monoisotopic (exact) mass is 311 g/mol. The van der Waals surface area contributed by atoms with Crippen molar-refractivity contribution in [3.63, 3.8) is 0 Å². The largest absolute Gasteiger partial charge is 0.478 e. The lowest BCUT2D eigenvalue weighted by molar-refractivity contribution is 0.0695. The lowest BCUT2D eigenvalue weighted by atomic mass is 10.0. The molecule has 1 aromatic carbocycles. The second kappa shape index (κ2) is 5.42. The highest BCUT2D eigenvalue weighted by Gasteiger charge is 2.41. The Kier molecular flexibility index (Phi) is 4.13. The average Bonchev–Trinajstić information content (AvgIpc) is 2.78. The molecule has 1 aromatic rings. The number of aryl methyl sites for hydroxylation is 1. The highest BCUT2D eigenvalue weighted by atomic mass is 32.2. The van der Waals surface area contributed by atoms with E-state index in [0.29, 0.717) is 18.5 Å². The minimum Gasteiger partial charge on any atom is -0.478 e. The van der Waals surface area contributed by atoms with Crippen molar-refractivity contribution in [1.29, 1.82) is 0 Å². The van der Waals surface area contributed by atoms with Crippen molar-refractivity contribution in [3.8, 4) is 0 Å². The van der Waals surface area contributed by atoms with Crippen LogP contribution in [0.1, 0.15) is 49.5 Å². The van der Waals surface area contributed by atoms with Crippen LogP contribution in [0.15, 0.2) is 23.1 Å². The molecule has 0 aromatic heterocycles. The standard InChI is InChI=1S/C15H21NO4S/c1-4-11-6-7-12(10-13(11)14(17)18)21(19,20)16-9-5-8-15(16,2)3/h6-7,10H,4-5,8-9H2,1-3H3,(H,17,18). The molecule has 1 saturated heterocycles. The maximum Gasteiger partial charge on any atom is 0.336 e. The summed E-state index contributed by atoms with van der Waals surface area (Å²) in [5.74, 6) is -1.09. The molecule has 0 atom stereocenters. The Balaban J connectivity index is 2.51. The van der Waals surface area contributed by atoms with Crippen LogP contribution in [-0.2, 0) is 16.4 Å². The molecule has 1 aliphatic rings. The normalized spacial score (nSPS) is 18.8. The van der Waals surface area contributed by atoms with Gasteiger partial charge in [0.1, 0.15) is 0 Å². The van der Waals surface area contributed by atoms with Crippen LogP contribution in [0, 0.1) is 0 Å². The first-order valence-corrected chi connectivity index (χ1v) is 8.53. The predicted molar refractivity (Wildman–Crippen MR) is 80.0 cm³/mol. The number of carbonyl (C=O) groups is 1. The molecule has 6 heteroatoms. The fourth-order valence-corrected chi connectivity index (χ4v) is 4.75. The van der Waals surface area contributed by atoms with Crippen molar-refractivity contribution in [2.75, 3.05) is 6.54 Å². The van der Waals surface area contributed by atoms with Gasteiger partial charge in [0.2, 0.25) is 10.0 Å². The number of sulfonamides is 1. The van der Waals surface area contributed by atoms with E-state index in [1.807, 2.05) is 20.8 Å². The summed E-state index contributed by atoms with van der Waals surface area (Å²) in [6.45, 7) is 6.12. The van der Waals surface area contributed by atoms with Crippen LogP contribution < -0.4 is 0 Å². The van der Waals surface area contributed by atoms with Crippen molar-refractivity contribution >= 4 is 16.0 Å². The van der Waals surface area contributed by atoms with Gasteiger partial charge in [-0.1, -0.05) is 13.0 Å². The third-order valence-electron chi connectivity index (χ3n) is 4.11. The molecule has 0 bridgehead atoms. The van der Waals surface area contributed by atoms with Gasteiger partial charge in [-0.05, 0) is 50.8 Å². The Morgan fingerprint density at radius 1 is 1.38 bits per heavy atom. The van der Waals surface area contributed by atoms with E-state index in [9.17, 15) is 18.3 Å². The Morgan fingerprint density at radius 3 is 2.52 bits per heavy atom. The molecular weight excluding hydrogens is 290 g/mol. The number of rotatable bonds is 4. The van der Waals surface area contributed by atoms with Gasteiger partial charge < -0.3 is 5.11 Å². The molecule has 1 fully saturated rings. The van der Waals surface area contributed by atoms with Crippen LogP contribution in [0.5, 0.6) is 0 Å². The zero-order valence-electron chi connectivity index (χ0n) is 12.6. The summed E-state index contributed by atoms with van der Waals surface area (Å²) < 4.78 is 27.0. The molecule has 0 saturated carbocycles. The van der Waals surface area contributed by atoms with Crippen LogP contribution in [0.2, 0.25) is 0 Å². The Bertz CT molecular complexity index is 664. The fourth-order valence-electron chi connectivity index (χ4n) is 2.88. The number of hydrogen-bond donors (Lipinski definition) is 1. The van der Waals surface area contributed by atoms with E-state index in [2.05, 4.69) is 0 Å². The van der Waals surface area contributed by atoms with Gasteiger partial charge in [-0.2, -0.15) is 4.31 Å². The van der Waals surface area contributed by atoms with Crippen LogP contribution in [0.4, 0.5) is 0 Å². The van der Waals surface area contributed by atoms with Crippen molar-refractivity contribution in [2.24, 2.45) is 0 Å². The smallest absolute Gasteiger partial charge is 0.336 e. The molecular formula is C15H21NO4S. The van der Waals surface area contributed by atoms with E-state index in [1.54, 1.807) is 6.07 Å². The Hall–Kier alpha value is -1.40. The lowest BCUT2D eigenvalue weighted by Crippen LogP contribution is -2.42. The molecule has 0 radical (unpaired) electrons. The third kappa shape index (κ3) is 2.82. The first-order chi connectivity index (χ1) is 9.70. The summed E-state index contributed by atoms with van der Waals surface area (Å²) in [5.41, 5.74) is 0.281. The number of aromatic carboxylic acids is 1. The summed E-state index contributed by atoms with van der Waals surface area (Å²) in [5, 5.41) is 9.25. The lowest BCUT2D eigenvalue weighted by Gasteiger charge is -2.30. The molecule has 1 N–H and O–H groups in total. The van der Waals surface area contributed by atoms with E-state index in [4.69, 9.17) is 0 Å². The fraction of sp³-hybridized carbons (Fsp3) is 0.533. The van der Waals surface area contributed by atoms with Gasteiger partial charge in [0.05, 0.1) is 10.5 Å². The van der Waals surface area contributed by atoms with Crippen LogP contribution >= 0.6 is 0 Å². The van der Waals surface area contributed by atoms with Crippen molar-refractivity contribution in [1.82, 2.24) is 4.31 Å². The third-order valence-corrected chi connectivity index (χ3v) is 6.21. The van der Waals surface area contributed by atoms with Gasteiger partial charge >= 0.3 is 5.97 Å². The topological polar surface area (TPSA) is 74.7 Å². The molecule has 1 heterocycles. The van der Waals surface area contributed by atoms with E-state index in [0.717, 1.165) is 12.8 Å². The Morgan fingerprint density at radius 2 is 2.05 bits per heavy atom. The van der Waals surface area contributed by atoms with Gasteiger partial charge in [0, 0.05) is 12.1 Å². The summed E-state index contributed by atoms with van der Waals surface area (Å²) in [7, 11) is -3.66. The van der Waals surface area contributed by atoms with Gasteiger partial charge in [0.25, 0.3) is 0 Å². The van der Waals surface area contributed by atoms with Crippen molar-refractivity contribution in [3.05, 3.63) is 29.3 Å². The minimum atomic E-state index is -3.66. The molecule has 0 amide bonds. The zero-order valence-corrected chi connectivity index (χ0v) is 13.4. The van der Waals surface area contributed by atoms with E-state index in [-0.39, 0.29) is 10.5 Å². The van der Waals surface area contributed by atoms with Crippen LogP contribution in [0.25, 0.3) is 0 Å². The van der Waals surface area contributed by atoms with E-state index >= 15 is 0 Å². The van der Waals surface area contributed by atoms with Crippen LogP contribution in [-0.4, -0.2) is 35.9 Å². The molecule has 1 aliphatic heterocycles. The average molecular weight is 311 g/mol. The molecule has 2 rings (SSSR count). The van der Waals surface area contributed by atoms with Crippen LogP contribution in [0.3, 0.4) is 0 Å². The summed E-state index contributed by atoms with van der Waals surface area (Å²) in [6.07, 6.45) is 2.19. The highest BCUT2D eigenvalue weighted by molar-refractivity contribution is 7.89. The molecule has 21 heavy (non-hydrogen) atoms. The van der Waals surface area contributed by atoms with Gasteiger partial charge in [-0.25, -0.2) is 13.2 Å². The molecule has 0 spiro atoms. The number of carboxylic acid groups (broad SMARTS) is 1. The second-order valence-corrected chi connectivity index (χ2v) is 7.83. The Labute approximate surface area is 125 Å². The number of benzene rings is 1. The summed E-state index contributed by atoms with van der Waals surface area (Å²) in [4.78, 5) is 11.4.